The maximum atomic E-state index is 2.43. The van der Waals surface area contributed by atoms with Crippen molar-refractivity contribution in [1.29, 1.82) is 0 Å². The molecule has 3 heteroatoms. The van der Waals surface area contributed by atoms with Gasteiger partial charge < -0.3 is 9.47 Å². The van der Waals surface area contributed by atoms with Crippen LogP contribution < -0.4 is 4.90 Å². The third-order valence-electron chi connectivity index (χ3n) is 12.0. The highest BCUT2D eigenvalue weighted by Crippen LogP contribution is 2.45. The monoisotopic (exact) mass is 768 g/mol. The van der Waals surface area contributed by atoms with E-state index in [4.69, 9.17) is 0 Å². The first-order valence-corrected chi connectivity index (χ1v) is 21.0. The van der Waals surface area contributed by atoms with Gasteiger partial charge in [-0.2, -0.15) is 0 Å². The van der Waals surface area contributed by atoms with Crippen LogP contribution >= 0.6 is 11.3 Å². The predicted octanol–water partition coefficient (Wildman–Crippen LogP) is 16.3. The van der Waals surface area contributed by atoms with Gasteiger partial charge in [-0.25, -0.2) is 0 Å². The molecule has 12 rings (SSSR count). The lowest BCUT2D eigenvalue weighted by molar-refractivity contribution is 1.18. The SMILES string of the molecule is c1ccc(-c2cccc3cccc(-c4ccc(N(c5ccc6sc7ccccc7c6c5)c5ccc6c7c8ccccc8ccc7n(-c7ccccc7)c6c5)cc4)c23)cc1. The number of anilines is 3. The van der Waals surface area contributed by atoms with Crippen molar-refractivity contribution in [2.24, 2.45) is 0 Å². The first kappa shape index (κ1) is 33.7. The molecule has 0 spiro atoms. The number of para-hydroxylation sites is 1. The van der Waals surface area contributed by atoms with Crippen molar-refractivity contribution in [3.8, 4) is 27.9 Å². The van der Waals surface area contributed by atoms with Crippen LogP contribution in [0.1, 0.15) is 0 Å². The van der Waals surface area contributed by atoms with Crippen molar-refractivity contribution in [3.05, 3.63) is 218 Å². The average Bonchev–Trinajstić information content (AvgIpc) is 3.85. The van der Waals surface area contributed by atoms with Crippen molar-refractivity contribution in [2.75, 3.05) is 4.90 Å². The number of hydrogen-bond acceptors (Lipinski definition) is 2. The Bertz CT molecular complexity index is 3540. The van der Waals surface area contributed by atoms with Gasteiger partial charge in [0, 0.05) is 53.7 Å². The number of thiophene rings is 1. The molecule has 0 atom stereocenters. The molecule has 12 aromatic rings. The Hall–Kier alpha value is -7.46. The van der Waals surface area contributed by atoms with Gasteiger partial charge >= 0.3 is 0 Å². The summed E-state index contributed by atoms with van der Waals surface area (Å²) in [7, 11) is 0. The fourth-order valence-electron chi connectivity index (χ4n) is 9.30. The molecule has 2 nitrogen and oxygen atoms in total. The second-order valence-electron chi connectivity index (χ2n) is 15.3. The fraction of sp³-hybridized carbons (Fsp3) is 0. The second kappa shape index (κ2) is 13.6. The zero-order valence-corrected chi connectivity index (χ0v) is 32.9. The Morgan fingerprint density at radius 3 is 1.75 bits per heavy atom. The summed E-state index contributed by atoms with van der Waals surface area (Å²) in [4.78, 5) is 2.43. The number of hydrogen-bond donors (Lipinski definition) is 0. The molecule has 2 heterocycles. The zero-order chi connectivity index (χ0) is 38.9. The molecule has 0 saturated heterocycles. The number of aromatic nitrogens is 1. The summed E-state index contributed by atoms with van der Waals surface area (Å²) in [5.74, 6) is 0. The maximum Gasteiger partial charge on any atom is 0.0562 e. The molecule has 276 valence electrons. The molecule has 0 N–H and O–H groups in total. The molecule has 0 aliphatic carbocycles. The molecule has 0 amide bonds. The largest absolute Gasteiger partial charge is 0.310 e. The van der Waals surface area contributed by atoms with E-state index in [0.717, 1.165) is 22.7 Å². The highest BCUT2D eigenvalue weighted by molar-refractivity contribution is 7.25. The molecule has 10 aromatic carbocycles. The number of benzene rings is 10. The molecule has 2 aromatic heterocycles. The molecule has 0 bridgehead atoms. The Balaban J connectivity index is 1.08. The Labute approximate surface area is 346 Å². The van der Waals surface area contributed by atoms with Gasteiger partial charge in [0.2, 0.25) is 0 Å². The van der Waals surface area contributed by atoms with Crippen LogP contribution in [-0.4, -0.2) is 4.57 Å². The summed E-state index contributed by atoms with van der Waals surface area (Å²) in [5.41, 5.74) is 11.7. The van der Waals surface area contributed by atoms with Crippen LogP contribution in [0.2, 0.25) is 0 Å². The molecule has 59 heavy (non-hydrogen) atoms. The van der Waals surface area contributed by atoms with Gasteiger partial charge in [-0.05, 0) is 111 Å². The zero-order valence-electron chi connectivity index (χ0n) is 32.1. The molecule has 0 radical (unpaired) electrons. The minimum atomic E-state index is 1.10. The van der Waals surface area contributed by atoms with Crippen LogP contribution in [0.4, 0.5) is 17.1 Å². The van der Waals surface area contributed by atoms with Crippen LogP contribution in [0.5, 0.6) is 0 Å². The Morgan fingerprint density at radius 2 is 0.949 bits per heavy atom. The van der Waals surface area contributed by atoms with E-state index in [1.54, 1.807) is 0 Å². The lowest BCUT2D eigenvalue weighted by atomic mass is 9.91. The lowest BCUT2D eigenvalue weighted by Crippen LogP contribution is -2.10. The predicted molar refractivity (Wildman–Crippen MR) is 254 cm³/mol. The summed E-state index contributed by atoms with van der Waals surface area (Å²) in [6.45, 7) is 0. The smallest absolute Gasteiger partial charge is 0.0562 e. The molecule has 0 saturated carbocycles. The normalized spacial score (nSPS) is 11.7. The first-order valence-electron chi connectivity index (χ1n) is 20.2. The molecule has 0 unspecified atom stereocenters. The van der Waals surface area contributed by atoms with Crippen LogP contribution in [-0.2, 0) is 0 Å². The van der Waals surface area contributed by atoms with E-state index >= 15 is 0 Å². The number of fused-ring (bicyclic) bond motifs is 9. The van der Waals surface area contributed by atoms with Gasteiger partial charge in [-0.1, -0.05) is 152 Å². The highest BCUT2D eigenvalue weighted by atomic mass is 32.1. The van der Waals surface area contributed by atoms with Crippen molar-refractivity contribution < 1.29 is 0 Å². The summed E-state index contributed by atoms with van der Waals surface area (Å²) < 4.78 is 5.03. The van der Waals surface area contributed by atoms with E-state index < -0.39 is 0 Å². The number of rotatable bonds is 6. The topological polar surface area (TPSA) is 8.17 Å². The van der Waals surface area contributed by atoms with E-state index in [1.807, 2.05) is 11.3 Å². The summed E-state index contributed by atoms with van der Waals surface area (Å²) in [6.07, 6.45) is 0. The summed E-state index contributed by atoms with van der Waals surface area (Å²) in [6, 6.07) is 80.0. The third kappa shape index (κ3) is 5.47. The van der Waals surface area contributed by atoms with Crippen LogP contribution in [0, 0.1) is 0 Å². The first-order chi connectivity index (χ1) is 29.3. The van der Waals surface area contributed by atoms with Crippen LogP contribution in [0.3, 0.4) is 0 Å². The highest BCUT2D eigenvalue weighted by Gasteiger charge is 2.20. The molecule has 0 aliphatic rings. The minimum Gasteiger partial charge on any atom is -0.310 e. The van der Waals surface area contributed by atoms with E-state index in [0.29, 0.717) is 0 Å². The van der Waals surface area contributed by atoms with Gasteiger partial charge in [-0.3, -0.25) is 0 Å². The maximum absolute atomic E-state index is 2.43. The summed E-state index contributed by atoms with van der Waals surface area (Å²) in [5, 5.41) is 10.1. The standard InChI is InChI=1S/C56H36N2S/c1-3-13-37(14-4-1)45-22-11-16-40-17-12-23-46(55(40)45)39-25-28-42(29-26-39)57(43-31-34-54-50(35-43)48-21-9-10-24-53(48)59-54)44-30-32-49-52(36-44)58(41-18-5-2-6-19-41)51-33-27-38-15-7-8-20-47(38)56(49)51/h1-36H. The Morgan fingerprint density at radius 1 is 0.339 bits per heavy atom. The van der Waals surface area contributed by atoms with Crippen LogP contribution in [0.15, 0.2) is 218 Å². The fourth-order valence-corrected chi connectivity index (χ4v) is 10.4. The van der Waals surface area contributed by atoms with Crippen molar-refractivity contribution in [1.82, 2.24) is 4.57 Å². The number of nitrogens with zero attached hydrogens (tertiary/aromatic N) is 2. The van der Waals surface area contributed by atoms with Gasteiger partial charge in [0.05, 0.1) is 11.0 Å². The molecule has 0 aliphatic heterocycles. The summed E-state index contributed by atoms with van der Waals surface area (Å²) >= 11 is 1.86. The van der Waals surface area contributed by atoms with Crippen molar-refractivity contribution in [2.45, 2.75) is 0 Å². The quantitative estimate of drug-likeness (QED) is 0.164. The van der Waals surface area contributed by atoms with E-state index in [-0.39, 0.29) is 0 Å². The third-order valence-corrected chi connectivity index (χ3v) is 13.1. The van der Waals surface area contributed by atoms with Crippen molar-refractivity contribution >= 4 is 91.9 Å². The molecule has 0 fully saturated rings. The van der Waals surface area contributed by atoms with E-state index in [2.05, 4.69) is 228 Å². The van der Waals surface area contributed by atoms with Crippen molar-refractivity contribution in [3.63, 3.8) is 0 Å². The van der Waals surface area contributed by atoms with E-state index in [1.165, 1.54) is 85.8 Å². The molecular formula is C56H36N2S. The lowest BCUT2D eigenvalue weighted by Gasteiger charge is -2.26. The van der Waals surface area contributed by atoms with Crippen LogP contribution in [0.25, 0.3) is 91.5 Å². The van der Waals surface area contributed by atoms with E-state index in [9.17, 15) is 0 Å². The molecular weight excluding hydrogens is 733 g/mol. The van der Waals surface area contributed by atoms with Gasteiger partial charge in [0.25, 0.3) is 0 Å². The Kier molecular flexibility index (Phi) is 7.75. The van der Waals surface area contributed by atoms with Gasteiger partial charge in [0.1, 0.15) is 0 Å². The minimum absolute atomic E-state index is 1.10. The second-order valence-corrected chi connectivity index (χ2v) is 16.4. The average molecular weight is 769 g/mol. The van der Waals surface area contributed by atoms with Gasteiger partial charge in [-0.15, -0.1) is 11.3 Å². The van der Waals surface area contributed by atoms with Gasteiger partial charge in [0.15, 0.2) is 0 Å².